The van der Waals surface area contributed by atoms with Crippen LogP contribution in [0.2, 0.25) is 0 Å². The van der Waals surface area contributed by atoms with Crippen LogP contribution in [0.1, 0.15) is 11.6 Å². The van der Waals surface area contributed by atoms with Crippen molar-refractivity contribution in [2.45, 2.75) is 5.92 Å². The van der Waals surface area contributed by atoms with Crippen LogP contribution in [-0.2, 0) is 0 Å². The molecule has 0 spiro atoms. The summed E-state index contributed by atoms with van der Waals surface area (Å²) in [4.78, 5) is 8.01. The highest BCUT2D eigenvalue weighted by Gasteiger charge is 2.11. The Hall–Kier alpha value is -1.15. The summed E-state index contributed by atoms with van der Waals surface area (Å²) in [6.07, 6.45) is 3.07. The number of aromatic nitrogens is 2. The van der Waals surface area contributed by atoms with Gasteiger partial charge in [-0.3, -0.25) is 4.98 Å². The van der Waals surface area contributed by atoms with Crippen LogP contribution in [0.5, 0.6) is 5.88 Å². The maximum absolute atomic E-state index is 8.75. The minimum absolute atomic E-state index is 0.275. The van der Waals surface area contributed by atoms with Crippen LogP contribution in [0, 0.1) is 11.3 Å². The van der Waals surface area contributed by atoms with E-state index in [0.717, 1.165) is 0 Å². The lowest BCUT2D eigenvalue weighted by atomic mass is 10.1. The summed E-state index contributed by atoms with van der Waals surface area (Å²) < 4.78 is 4.90. The van der Waals surface area contributed by atoms with E-state index in [4.69, 9.17) is 10.00 Å². The zero-order chi connectivity index (χ0) is 9.68. The van der Waals surface area contributed by atoms with Crippen LogP contribution in [0.4, 0.5) is 0 Å². The second-order valence-corrected chi connectivity index (χ2v) is 2.97. The van der Waals surface area contributed by atoms with Gasteiger partial charge in [-0.25, -0.2) is 4.98 Å². The first kappa shape index (κ1) is 9.93. The van der Waals surface area contributed by atoms with Crippen molar-refractivity contribution in [1.29, 1.82) is 5.26 Å². The minimum Gasteiger partial charge on any atom is -0.480 e. The molecule has 0 saturated heterocycles. The van der Waals surface area contributed by atoms with Crippen molar-refractivity contribution >= 4 is 15.9 Å². The highest BCUT2D eigenvalue weighted by molar-refractivity contribution is 9.09. The van der Waals surface area contributed by atoms with Gasteiger partial charge in [-0.1, -0.05) is 15.9 Å². The summed E-state index contributed by atoms with van der Waals surface area (Å²) in [5.74, 6) is 0.154. The average molecular weight is 242 g/mol. The molecular formula is C8H8BrN3O. The molecule has 0 bridgehead atoms. The molecule has 0 aromatic carbocycles. The second-order valence-electron chi connectivity index (χ2n) is 2.32. The minimum atomic E-state index is -0.275. The highest BCUT2D eigenvalue weighted by atomic mass is 79.9. The summed E-state index contributed by atoms with van der Waals surface area (Å²) >= 11 is 3.23. The van der Waals surface area contributed by atoms with Crippen molar-refractivity contribution in [3.63, 3.8) is 0 Å². The zero-order valence-electron chi connectivity index (χ0n) is 7.07. The number of alkyl halides is 1. The maximum atomic E-state index is 8.75. The Morgan fingerprint density at radius 2 is 2.46 bits per heavy atom. The Morgan fingerprint density at radius 3 is 3.00 bits per heavy atom. The molecule has 0 saturated carbocycles. The van der Waals surface area contributed by atoms with Gasteiger partial charge in [-0.05, 0) is 0 Å². The molecular weight excluding hydrogens is 234 g/mol. The van der Waals surface area contributed by atoms with E-state index in [1.807, 2.05) is 0 Å². The Bertz CT molecular complexity index is 323. The molecule has 1 aromatic heterocycles. The quantitative estimate of drug-likeness (QED) is 0.753. The third-order valence-electron chi connectivity index (χ3n) is 1.51. The van der Waals surface area contributed by atoms with Crippen LogP contribution in [0.25, 0.3) is 0 Å². The molecule has 68 valence electrons. The molecule has 1 rings (SSSR count). The molecule has 0 aliphatic carbocycles. The molecule has 0 aliphatic rings. The largest absolute Gasteiger partial charge is 0.480 e. The molecule has 0 radical (unpaired) electrons. The fourth-order valence-corrected chi connectivity index (χ4v) is 1.28. The lowest BCUT2D eigenvalue weighted by Gasteiger charge is -2.04. The van der Waals surface area contributed by atoms with E-state index >= 15 is 0 Å². The molecule has 13 heavy (non-hydrogen) atoms. The summed E-state index contributed by atoms with van der Waals surface area (Å²) in [6, 6.07) is 2.11. The SMILES string of the molecule is COc1cncc(C(C#N)CBr)n1. The summed E-state index contributed by atoms with van der Waals surface area (Å²) in [7, 11) is 1.52. The van der Waals surface area contributed by atoms with E-state index < -0.39 is 0 Å². The third kappa shape index (κ3) is 2.39. The molecule has 1 unspecified atom stereocenters. The lowest BCUT2D eigenvalue weighted by Crippen LogP contribution is -2.02. The molecule has 0 aliphatic heterocycles. The van der Waals surface area contributed by atoms with Gasteiger partial charge in [0.1, 0.15) is 0 Å². The van der Waals surface area contributed by atoms with Gasteiger partial charge < -0.3 is 4.74 Å². The van der Waals surface area contributed by atoms with E-state index in [1.165, 1.54) is 13.3 Å². The fourth-order valence-electron chi connectivity index (χ4n) is 0.808. The number of methoxy groups -OCH3 is 1. The molecule has 1 atom stereocenters. The van der Waals surface area contributed by atoms with Crippen LogP contribution >= 0.6 is 15.9 Å². The molecule has 0 amide bonds. The van der Waals surface area contributed by atoms with Gasteiger partial charge in [-0.2, -0.15) is 5.26 Å². The van der Waals surface area contributed by atoms with E-state index in [0.29, 0.717) is 16.9 Å². The van der Waals surface area contributed by atoms with Gasteiger partial charge in [0.05, 0.1) is 37.2 Å². The predicted octanol–water partition coefficient (Wildman–Crippen LogP) is 1.49. The van der Waals surface area contributed by atoms with E-state index in [-0.39, 0.29) is 5.92 Å². The van der Waals surface area contributed by atoms with E-state index in [2.05, 4.69) is 32.0 Å². The Kier molecular flexibility index (Phi) is 3.65. The average Bonchev–Trinajstić information content (AvgIpc) is 2.20. The fraction of sp³-hybridized carbons (Fsp3) is 0.375. The smallest absolute Gasteiger partial charge is 0.232 e. The number of halogens is 1. The van der Waals surface area contributed by atoms with Crippen molar-refractivity contribution in [1.82, 2.24) is 9.97 Å². The molecule has 0 N–H and O–H groups in total. The number of ether oxygens (including phenoxy) is 1. The Labute approximate surface area is 84.7 Å². The standard InChI is InChI=1S/C8H8BrN3O/c1-13-8-5-11-4-7(12-8)6(2-9)3-10/h4-6H,2H2,1H3. The topological polar surface area (TPSA) is 58.8 Å². The Morgan fingerprint density at radius 1 is 1.69 bits per heavy atom. The van der Waals surface area contributed by atoms with Crippen molar-refractivity contribution in [2.75, 3.05) is 12.4 Å². The number of rotatable bonds is 3. The van der Waals surface area contributed by atoms with Crippen LogP contribution in [-0.4, -0.2) is 22.4 Å². The van der Waals surface area contributed by atoms with Crippen LogP contribution < -0.4 is 4.74 Å². The first-order valence-corrected chi connectivity index (χ1v) is 4.75. The van der Waals surface area contributed by atoms with Gasteiger partial charge in [0.2, 0.25) is 5.88 Å². The van der Waals surface area contributed by atoms with Gasteiger partial charge >= 0.3 is 0 Å². The maximum Gasteiger partial charge on any atom is 0.232 e. The number of hydrogen-bond acceptors (Lipinski definition) is 4. The first-order valence-electron chi connectivity index (χ1n) is 3.63. The zero-order valence-corrected chi connectivity index (χ0v) is 8.65. The van der Waals surface area contributed by atoms with Gasteiger partial charge in [0.15, 0.2) is 0 Å². The highest BCUT2D eigenvalue weighted by Crippen LogP contribution is 2.16. The molecule has 4 nitrogen and oxygen atoms in total. The van der Waals surface area contributed by atoms with Crippen molar-refractivity contribution in [2.24, 2.45) is 0 Å². The number of nitriles is 1. The summed E-state index contributed by atoms with van der Waals surface area (Å²) in [5.41, 5.74) is 0.624. The molecule has 5 heteroatoms. The predicted molar refractivity (Wildman–Crippen MR) is 50.7 cm³/mol. The number of hydrogen-bond donors (Lipinski definition) is 0. The van der Waals surface area contributed by atoms with E-state index in [1.54, 1.807) is 6.20 Å². The van der Waals surface area contributed by atoms with Gasteiger partial charge in [0, 0.05) is 5.33 Å². The van der Waals surface area contributed by atoms with E-state index in [9.17, 15) is 0 Å². The summed E-state index contributed by atoms with van der Waals surface area (Å²) in [6.45, 7) is 0. The van der Waals surface area contributed by atoms with Gasteiger partial charge in [-0.15, -0.1) is 0 Å². The normalized spacial score (nSPS) is 11.8. The van der Waals surface area contributed by atoms with Crippen molar-refractivity contribution in [3.8, 4) is 11.9 Å². The van der Waals surface area contributed by atoms with Crippen LogP contribution in [0.3, 0.4) is 0 Å². The molecule has 0 fully saturated rings. The van der Waals surface area contributed by atoms with Crippen molar-refractivity contribution in [3.05, 3.63) is 18.1 Å². The first-order chi connectivity index (χ1) is 6.31. The molecule has 1 aromatic rings. The Balaban J connectivity index is 2.94. The summed E-state index contributed by atoms with van der Waals surface area (Å²) in [5, 5.41) is 9.30. The van der Waals surface area contributed by atoms with Gasteiger partial charge in [0.25, 0.3) is 0 Å². The molecule has 1 heterocycles. The number of nitrogens with zero attached hydrogens (tertiary/aromatic N) is 3. The van der Waals surface area contributed by atoms with Crippen LogP contribution in [0.15, 0.2) is 12.4 Å². The second kappa shape index (κ2) is 4.77. The van der Waals surface area contributed by atoms with Crippen molar-refractivity contribution < 1.29 is 4.74 Å². The lowest BCUT2D eigenvalue weighted by molar-refractivity contribution is 0.393. The monoisotopic (exact) mass is 241 g/mol. The third-order valence-corrected chi connectivity index (χ3v) is 2.15.